The van der Waals surface area contributed by atoms with Gasteiger partial charge >= 0.3 is 11.9 Å². The zero-order chi connectivity index (χ0) is 61.5. The number of amides is 10. The summed E-state index contributed by atoms with van der Waals surface area (Å²) in [5.41, 5.74) is 22.5. The zero-order valence-corrected chi connectivity index (χ0v) is 46.4. The predicted molar refractivity (Wildman–Crippen MR) is 287 cm³/mol. The maximum Gasteiger partial charge on any atom is 0.326 e. The molecule has 1 aromatic rings. The first-order valence-corrected chi connectivity index (χ1v) is 26.6. The molecule has 0 aliphatic carbocycles. The number of nitrogens with one attached hydrogen (secondary N) is 10. The Balaban J connectivity index is 3.37. The Labute approximate surface area is 468 Å². The van der Waals surface area contributed by atoms with Gasteiger partial charge in [0.25, 0.3) is 0 Å². The number of unbranched alkanes of at least 4 members (excludes halogenated alkanes) is 2. The van der Waals surface area contributed by atoms with Crippen LogP contribution >= 0.6 is 0 Å². The molecule has 12 atom stereocenters. The summed E-state index contributed by atoms with van der Waals surface area (Å²) in [6.45, 7) is 5.99. The quantitative estimate of drug-likeness (QED) is 0.0271. The van der Waals surface area contributed by atoms with Crippen LogP contribution < -0.4 is 70.8 Å². The molecular formula is C49H85N15O17. The second-order valence-corrected chi connectivity index (χ2v) is 19.9. The van der Waals surface area contributed by atoms with Crippen LogP contribution in [-0.2, 0) is 64.0 Å². The van der Waals surface area contributed by atoms with Gasteiger partial charge in [-0.25, -0.2) is 9.78 Å². The summed E-state index contributed by atoms with van der Waals surface area (Å²) >= 11 is 0. The monoisotopic (exact) mass is 1160 g/mol. The Kier molecular flexibility index (Phi) is 33.2. The Morgan fingerprint density at radius 2 is 1.01 bits per heavy atom. The Morgan fingerprint density at radius 1 is 0.568 bits per heavy atom. The Hall–Kier alpha value is -7.39. The van der Waals surface area contributed by atoms with Crippen molar-refractivity contribution in [1.82, 2.24) is 57.8 Å². The minimum absolute atomic E-state index is 0.0235. The van der Waals surface area contributed by atoms with Crippen LogP contribution in [0, 0.1) is 11.8 Å². The number of nitrogens with zero attached hydrogens (tertiary/aromatic N) is 1. The smallest absolute Gasteiger partial charge is 0.326 e. The van der Waals surface area contributed by atoms with Crippen LogP contribution in [0.15, 0.2) is 12.5 Å². The molecule has 32 heteroatoms. The lowest BCUT2D eigenvalue weighted by Crippen LogP contribution is -2.62. The van der Waals surface area contributed by atoms with Crippen LogP contribution in [0.3, 0.4) is 0 Å². The topological polar surface area (TPSA) is 547 Å². The highest BCUT2D eigenvalue weighted by Crippen LogP contribution is 2.13. The lowest BCUT2D eigenvalue weighted by atomic mass is 9.96. The van der Waals surface area contributed by atoms with E-state index in [0.717, 1.165) is 0 Å². The van der Waals surface area contributed by atoms with Crippen molar-refractivity contribution in [2.45, 2.75) is 178 Å². The molecule has 0 spiro atoms. The van der Waals surface area contributed by atoms with Crippen LogP contribution in [0.1, 0.15) is 111 Å². The molecule has 0 radical (unpaired) electrons. The van der Waals surface area contributed by atoms with Gasteiger partial charge in [0.05, 0.1) is 38.1 Å². The molecule has 1 aromatic heterocycles. The first kappa shape index (κ1) is 71.6. The predicted octanol–water partition coefficient (Wildman–Crippen LogP) is -6.82. The molecule has 1 heterocycles. The van der Waals surface area contributed by atoms with Gasteiger partial charge in [0.1, 0.15) is 54.4 Å². The number of carbonyl (C=O) groups is 12. The number of carbonyl (C=O) groups excluding carboxylic acids is 10. The van der Waals surface area contributed by atoms with Crippen molar-refractivity contribution in [3.05, 3.63) is 18.2 Å². The van der Waals surface area contributed by atoms with E-state index in [1.54, 1.807) is 20.8 Å². The number of aliphatic hydroxyl groups excluding tert-OH is 3. The average molecular weight is 1160 g/mol. The normalized spacial score (nSPS) is 15.7. The summed E-state index contributed by atoms with van der Waals surface area (Å²) in [5, 5.41) is 71.6. The molecule has 0 unspecified atom stereocenters. The van der Waals surface area contributed by atoms with Gasteiger partial charge in [-0.1, -0.05) is 34.1 Å². The number of aliphatic carboxylic acids is 2. The SMILES string of the molecule is CC[C@H](C)[C@H](NC(=O)[C@H](CC(=O)O)NC(=O)[C@H](CO)NC(=O)[C@H](CO)NC(=O)[C@H](Cc1cnc[nH]1)NC(=O)[C@@H](N)CCC(N)=O)C(=O)N[C@@H](CCCCN)C(=O)N[C@H](C(=O)N[C@@H](CC(C)C)C(=O)N[C@@H](CCCCN)C(=O)O)[C@@H](C)O. The number of aromatic nitrogens is 2. The molecule has 0 aliphatic heterocycles. The maximum absolute atomic E-state index is 14.2. The fraction of sp³-hybridized carbons (Fsp3) is 0.694. The zero-order valence-electron chi connectivity index (χ0n) is 46.4. The van der Waals surface area contributed by atoms with Gasteiger partial charge in [0, 0.05) is 24.7 Å². The van der Waals surface area contributed by atoms with Crippen molar-refractivity contribution in [2.24, 2.45) is 34.8 Å². The average Bonchev–Trinajstić information content (AvgIpc) is 3.93. The first-order chi connectivity index (χ1) is 38.1. The van der Waals surface area contributed by atoms with Crippen LogP contribution in [-0.4, -0.2) is 199 Å². The number of H-pyrrole nitrogens is 1. The number of hydrogen-bond acceptors (Lipinski definition) is 19. The van der Waals surface area contributed by atoms with Gasteiger partial charge in [-0.2, -0.15) is 0 Å². The number of aliphatic hydroxyl groups is 3. The number of nitrogens with two attached hydrogens (primary N) is 4. The second kappa shape index (κ2) is 37.5. The molecule has 10 amide bonds. The lowest BCUT2D eigenvalue weighted by Gasteiger charge is -2.30. The molecule has 0 saturated heterocycles. The van der Waals surface area contributed by atoms with Crippen LogP contribution in [0.25, 0.3) is 0 Å². The van der Waals surface area contributed by atoms with Crippen molar-refractivity contribution in [2.75, 3.05) is 26.3 Å². The highest BCUT2D eigenvalue weighted by Gasteiger charge is 2.38. The third-order valence-electron chi connectivity index (χ3n) is 12.6. The van der Waals surface area contributed by atoms with Crippen molar-refractivity contribution in [3.63, 3.8) is 0 Å². The summed E-state index contributed by atoms with van der Waals surface area (Å²) in [6, 6.07) is -16.0. The lowest BCUT2D eigenvalue weighted by molar-refractivity contribution is -0.143. The van der Waals surface area contributed by atoms with E-state index in [1.165, 1.54) is 26.4 Å². The molecule has 23 N–H and O–H groups in total. The van der Waals surface area contributed by atoms with E-state index < -0.39 is 163 Å². The standard InChI is InChI=1S/C49H85N15O17/c1-6-25(4)38(47(78)56-29(11-7-9-15-50)41(72)64-39(26(5)67)48(79)60-31(17-24(2)3)42(73)57-30(49(80)81)12-8-10-16-51)63-44(75)33(19-37(69)70)59-45(76)34(21-65)62-46(77)35(22-66)61-43(74)32(18-27-20-54-23-55-27)58-40(71)28(52)13-14-36(53)68/h20,23-26,28-35,38-39,65-67H,6-19,21-22,50-52H2,1-5H3,(H2,53,68)(H,54,55)(H,56,78)(H,57,73)(H,58,71)(H,59,76)(H,60,79)(H,61,74)(H,62,77)(H,63,75)(H,64,72)(H,69,70)(H,80,81)/t25-,26+,28-,29-,30-,31-,32-,33-,34-,35-,38-,39-/m0/s1. The van der Waals surface area contributed by atoms with Crippen molar-refractivity contribution in [3.8, 4) is 0 Å². The van der Waals surface area contributed by atoms with Gasteiger partial charge < -0.3 is 101 Å². The largest absolute Gasteiger partial charge is 0.481 e. The van der Waals surface area contributed by atoms with Gasteiger partial charge in [0.15, 0.2) is 0 Å². The van der Waals surface area contributed by atoms with Gasteiger partial charge in [-0.05, 0) is 83.2 Å². The summed E-state index contributed by atoms with van der Waals surface area (Å²) in [5.74, 6) is -14.3. The van der Waals surface area contributed by atoms with Gasteiger partial charge in [-0.3, -0.25) is 52.7 Å². The van der Waals surface area contributed by atoms with Gasteiger partial charge in [-0.15, -0.1) is 0 Å². The molecule has 0 aliphatic rings. The van der Waals surface area contributed by atoms with E-state index in [4.69, 9.17) is 22.9 Å². The molecule has 81 heavy (non-hydrogen) atoms. The molecule has 1 rings (SSSR count). The van der Waals surface area contributed by atoms with Crippen molar-refractivity contribution < 1.29 is 83.1 Å². The number of hydrogen-bond donors (Lipinski definition) is 19. The number of imidazole rings is 1. The maximum atomic E-state index is 14.2. The van der Waals surface area contributed by atoms with Gasteiger partial charge in [0.2, 0.25) is 59.1 Å². The molecule has 0 fully saturated rings. The molecular weight excluding hydrogens is 1070 g/mol. The molecule has 0 bridgehead atoms. The highest BCUT2D eigenvalue weighted by atomic mass is 16.4. The number of rotatable bonds is 41. The van der Waals surface area contributed by atoms with Crippen LogP contribution in [0.2, 0.25) is 0 Å². The fourth-order valence-electron chi connectivity index (χ4n) is 7.75. The van der Waals surface area contributed by atoms with Crippen molar-refractivity contribution >= 4 is 71.0 Å². The minimum atomic E-state index is -2.00. The highest BCUT2D eigenvalue weighted by molar-refractivity contribution is 5.99. The van der Waals surface area contributed by atoms with Crippen LogP contribution in [0.4, 0.5) is 0 Å². The van der Waals surface area contributed by atoms with E-state index in [1.807, 2.05) is 0 Å². The summed E-state index contributed by atoms with van der Waals surface area (Å²) in [7, 11) is 0. The van der Waals surface area contributed by atoms with E-state index >= 15 is 0 Å². The number of carboxylic acids is 2. The number of primary amides is 1. The Morgan fingerprint density at radius 3 is 1.48 bits per heavy atom. The first-order valence-electron chi connectivity index (χ1n) is 26.6. The second-order valence-electron chi connectivity index (χ2n) is 19.9. The fourth-order valence-corrected chi connectivity index (χ4v) is 7.75. The Bertz CT molecular complexity index is 2240. The summed E-state index contributed by atoms with van der Waals surface area (Å²) in [4.78, 5) is 164. The summed E-state index contributed by atoms with van der Waals surface area (Å²) in [6.07, 6.45) is 0.850. The van der Waals surface area contributed by atoms with E-state index in [2.05, 4.69) is 57.8 Å². The van der Waals surface area contributed by atoms with E-state index in [9.17, 15) is 83.1 Å². The number of carboxylic acid groups (broad SMARTS) is 2. The van der Waals surface area contributed by atoms with E-state index in [-0.39, 0.29) is 63.8 Å². The molecule has 0 saturated carbocycles. The third kappa shape index (κ3) is 26.6. The van der Waals surface area contributed by atoms with Crippen molar-refractivity contribution in [1.29, 1.82) is 0 Å². The number of aromatic amines is 1. The van der Waals surface area contributed by atoms with E-state index in [0.29, 0.717) is 31.5 Å². The molecule has 32 nitrogen and oxygen atoms in total. The van der Waals surface area contributed by atoms with Crippen LogP contribution in [0.5, 0.6) is 0 Å². The third-order valence-corrected chi connectivity index (χ3v) is 12.6. The molecule has 458 valence electrons. The molecule has 0 aromatic carbocycles. The minimum Gasteiger partial charge on any atom is -0.481 e. The summed E-state index contributed by atoms with van der Waals surface area (Å²) < 4.78 is 0.